The lowest BCUT2D eigenvalue weighted by Gasteiger charge is -2.18. The molecule has 0 spiro atoms. The van der Waals surface area contributed by atoms with Gasteiger partial charge in [-0.3, -0.25) is 14.2 Å². The maximum absolute atomic E-state index is 14.4. The number of pyridine rings is 1. The van der Waals surface area contributed by atoms with Crippen LogP contribution in [0.4, 0.5) is 4.39 Å². The summed E-state index contributed by atoms with van der Waals surface area (Å²) < 4.78 is 17.6. The number of hydrogen-bond donors (Lipinski definition) is 1. The second kappa shape index (κ2) is 9.30. The number of Topliss-reactive ketones (excluding diaryl/α,β-unsaturated/α-hetero) is 1. The number of carbonyl (C=O) groups excluding carboxylic acids is 1. The van der Waals surface area contributed by atoms with Gasteiger partial charge in [-0.1, -0.05) is 36.4 Å². The molecule has 0 saturated carbocycles. The minimum Gasteiger partial charge on any atom is -0.512 e. The second-order valence-corrected chi connectivity index (χ2v) is 9.52. The highest BCUT2D eigenvalue weighted by Crippen LogP contribution is 2.42. The number of ketones is 1. The quantitative estimate of drug-likeness (QED) is 0.289. The molecule has 5 nitrogen and oxygen atoms in total. The number of fused-ring (bicyclic) bond motifs is 1. The van der Waals surface area contributed by atoms with Crippen LogP contribution < -0.4 is 5.56 Å². The van der Waals surface area contributed by atoms with Gasteiger partial charge < -0.3 is 9.67 Å². The van der Waals surface area contributed by atoms with Gasteiger partial charge in [-0.2, -0.15) is 0 Å². The maximum Gasteiger partial charge on any atom is 0.265 e. The van der Waals surface area contributed by atoms with E-state index in [1.807, 2.05) is 78.2 Å². The smallest absolute Gasteiger partial charge is 0.265 e. The summed E-state index contributed by atoms with van der Waals surface area (Å²) in [6.07, 6.45) is 1.17. The molecular formula is C32H25FN2O3. The van der Waals surface area contributed by atoms with Crippen molar-refractivity contribution in [3.63, 3.8) is 0 Å². The van der Waals surface area contributed by atoms with Crippen molar-refractivity contribution < 1.29 is 14.3 Å². The topological polar surface area (TPSA) is 64.2 Å². The average Bonchev–Trinajstić information content (AvgIpc) is 3.25. The number of aryl methyl sites for hydroxylation is 1. The Kier molecular flexibility index (Phi) is 5.80. The molecule has 0 saturated heterocycles. The summed E-state index contributed by atoms with van der Waals surface area (Å²) in [5.41, 5.74) is 4.25. The normalized spacial score (nSPS) is 13.9. The van der Waals surface area contributed by atoms with Crippen molar-refractivity contribution in [1.29, 1.82) is 0 Å². The number of nitrogens with zero attached hydrogens (tertiary/aromatic N) is 2. The Morgan fingerprint density at radius 3 is 2.00 bits per heavy atom. The van der Waals surface area contributed by atoms with Gasteiger partial charge in [0.1, 0.15) is 11.6 Å². The Balaban J connectivity index is 1.86. The van der Waals surface area contributed by atoms with E-state index in [0.717, 1.165) is 5.69 Å². The van der Waals surface area contributed by atoms with Crippen molar-refractivity contribution in [3.8, 4) is 22.6 Å². The number of aromatic nitrogens is 2. The highest BCUT2D eigenvalue weighted by molar-refractivity contribution is 6.27. The van der Waals surface area contributed by atoms with Crippen LogP contribution in [0.1, 0.15) is 30.5 Å². The highest BCUT2D eigenvalue weighted by Gasteiger charge is 2.32. The summed E-state index contributed by atoms with van der Waals surface area (Å²) in [6.45, 7) is 1.87. The number of aliphatic hydroxyl groups excluding tert-OH is 1. The lowest BCUT2D eigenvalue weighted by Crippen LogP contribution is -2.22. The van der Waals surface area contributed by atoms with Gasteiger partial charge in [-0.25, -0.2) is 4.39 Å². The van der Waals surface area contributed by atoms with Gasteiger partial charge >= 0.3 is 0 Å². The molecule has 0 atom stereocenters. The van der Waals surface area contributed by atoms with Gasteiger partial charge in [0, 0.05) is 35.5 Å². The highest BCUT2D eigenvalue weighted by atomic mass is 19.1. The monoisotopic (exact) mass is 504 g/mol. The van der Waals surface area contributed by atoms with E-state index >= 15 is 0 Å². The summed E-state index contributed by atoms with van der Waals surface area (Å²) in [7, 11) is 0. The van der Waals surface area contributed by atoms with Crippen LogP contribution in [0.25, 0.3) is 39.1 Å². The van der Waals surface area contributed by atoms with Crippen LogP contribution in [0.3, 0.4) is 0 Å². The van der Waals surface area contributed by atoms with Gasteiger partial charge in [0.2, 0.25) is 0 Å². The van der Waals surface area contributed by atoms with E-state index in [4.69, 9.17) is 0 Å². The number of benzene rings is 3. The molecule has 0 amide bonds. The van der Waals surface area contributed by atoms with Crippen molar-refractivity contribution in [2.24, 2.45) is 0 Å². The molecule has 1 aliphatic carbocycles. The second-order valence-electron chi connectivity index (χ2n) is 9.52. The van der Waals surface area contributed by atoms with E-state index in [1.165, 1.54) is 12.1 Å². The minimum absolute atomic E-state index is 0.0250. The summed E-state index contributed by atoms with van der Waals surface area (Å²) in [5, 5.41) is 11.4. The Labute approximate surface area is 218 Å². The predicted octanol–water partition coefficient (Wildman–Crippen LogP) is 6.92. The van der Waals surface area contributed by atoms with Crippen LogP contribution in [-0.2, 0) is 4.79 Å². The first-order valence-corrected chi connectivity index (χ1v) is 12.6. The third-order valence-corrected chi connectivity index (χ3v) is 7.10. The van der Waals surface area contributed by atoms with E-state index in [9.17, 15) is 19.1 Å². The predicted molar refractivity (Wildman–Crippen MR) is 147 cm³/mol. The van der Waals surface area contributed by atoms with E-state index in [2.05, 4.69) is 0 Å². The Hall–Kier alpha value is -4.71. The first kappa shape index (κ1) is 23.7. The van der Waals surface area contributed by atoms with Crippen molar-refractivity contribution in [2.75, 3.05) is 0 Å². The molecular weight excluding hydrogens is 479 g/mol. The van der Waals surface area contributed by atoms with Crippen molar-refractivity contribution >= 4 is 22.3 Å². The molecule has 0 fully saturated rings. The zero-order valence-corrected chi connectivity index (χ0v) is 20.8. The minimum atomic E-state index is -0.393. The van der Waals surface area contributed by atoms with Gasteiger partial charge in [-0.05, 0) is 73.5 Å². The fourth-order valence-electron chi connectivity index (χ4n) is 5.46. The van der Waals surface area contributed by atoms with Gasteiger partial charge in [0.05, 0.1) is 22.2 Å². The van der Waals surface area contributed by atoms with Crippen molar-refractivity contribution in [3.05, 3.63) is 124 Å². The fourth-order valence-corrected chi connectivity index (χ4v) is 5.46. The maximum atomic E-state index is 14.4. The van der Waals surface area contributed by atoms with Gasteiger partial charge in [0.15, 0.2) is 5.78 Å². The van der Waals surface area contributed by atoms with Crippen LogP contribution in [0.2, 0.25) is 0 Å². The first-order valence-electron chi connectivity index (χ1n) is 12.6. The van der Waals surface area contributed by atoms with Crippen LogP contribution in [0.5, 0.6) is 0 Å². The molecule has 6 rings (SSSR count). The van der Waals surface area contributed by atoms with Crippen LogP contribution in [0, 0.1) is 12.7 Å². The number of allylic oxidation sites excluding steroid dienone is 2. The number of hydrogen-bond acceptors (Lipinski definition) is 3. The molecule has 2 aromatic heterocycles. The molecule has 5 aromatic rings. The standard InChI is InChI=1S/C32H25FN2O3/c1-20-19-25-28(32(38)34(20)23-9-4-2-5-10-23)30(29-26(36)13-8-14-27(29)37)31(21-15-17-22(33)18-16-21)35(25)24-11-6-3-7-12-24/h2-7,9-12,15-19,36H,8,13-14H2,1H3. The summed E-state index contributed by atoms with van der Waals surface area (Å²) in [6, 6.07) is 26.8. The average molecular weight is 505 g/mol. The lowest BCUT2D eigenvalue weighted by atomic mass is 9.88. The van der Waals surface area contributed by atoms with Crippen molar-refractivity contribution in [1.82, 2.24) is 9.13 Å². The molecule has 38 heavy (non-hydrogen) atoms. The Morgan fingerprint density at radius 2 is 1.39 bits per heavy atom. The third kappa shape index (κ3) is 3.77. The number of rotatable bonds is 4. The molecule has 6 heteroatoms. The Bertz CT molecular complexity index is 1780. The molecule has 3 aromatic carbocycles. The first-order chi connectivity index (χ1) is 18.5. The van der Waals surface area contributed by atoms with Crippen LogP contribution in [-0.4, -0.2) is 20.0 Å². The molecule has 188 valence electrons. The number of carbonyl (C=O) groups is 1. The SMILES string of the molecule is Cc1cc2c(c(C3=C(O)CCCC3=O)c(-c3ccc(F)cc3)n2-c2ccccc2)c(=O)n1-c1ccccc1. The third-order valence-electron chi connectivity index (χ3n) is 7.10. The van der Waals surface area contributed by atoms with E-state index < -0.39 is 5.82 Å². The molecule has 2 heterocycles. The molecule has 1 aliphatic rings. The van der Waals surface area contributed by atoms with E-state index in [0.29, 0.717) is 51.9 Å². The number of para-hydroxylation sites is 2. The lowest BCUT2D eigenvalue weighted by molar-refractivity contribution is -0.114. The van der Waals surface area contributed by atoms with E-state index in [1.54, 1.807) is 16.7 Å². The fraction of sp³-hybridized carbons (Fsp3) is 0.125. The summed E-state index contributed by atoms with van der Waals surface area (Å²) in [5.74, 6) is -0.630. The zero-order chi connectivity index (χ0) is 26.4. The summed E-state index contributed by atoms with van der Waals surface area (Å²) in [4.78, 5) is 27.8. The molecule has 1 N–H and O–H groups in total. The molecule has 0 unspecified atom stereocenters. The molecule has 0 bridgehead atoms. The van der Waals surface area contributed by atoms with Gasteiger partial charge in [0.25, 0.3) is 5.56 Å². The number of aliphatic hydroxyl groups is 1. The van der Waals surface area contributed by atoms with E-state index in [-0.39, 0.29) is 29.1 Å². The molecule has 0 aliphatic heterocycles. The molecule has 0 radical (unpaired) electrons. The van der Waals surface area contributed by atoms with Crippen LogP contribution in [0.15, 0.2) is 102 Å². The van der Waals surface area contributed by atoms with Gasteiger partial charge in [-0.15, -0.1) is 0 Å². The summed E-state index contributed by atoms with van der Waals surface area (Å²) >= 11 is 0. The van der Waals surface area contributed by atoms with Crippen molar-refractivity contribution in [2.45, 2.75) is 26.2 Å². The Morgan fingerprint density at radius 1 is 0.789 bits per heavy atom. The number of halogens is 1. The zero-order valence-electron chi connectivity index (χ0n) is 20.8. The largest absolute Gasteiger partial charge is 0.512 e. The van der Waals surface area contributed by atoms with Crippen LogP contribution >= 0.6 is 0 Å².